The van der Waals surface area contributed by atoms with Gasteiger partial charge in [0, 0.05) is 44.6 Å². The van der Waals surface area contributed by atoms with E-state index in [1.807, 2.05) is 34.0 Å². The van der Waals surface area contributed by atoms with Gasteiger partial charge >= 0.3 is 0 Å². The largest absolute Gasteiger partial charge is 0.336 e. The number of benzene rings is 1. The zero-order valence-corrected chi connectivity index (χ0v) is 17.0. The van der Waals surface area contributed by atoms with Crippen molar-refractivity contribution >= 4 is 5.91 Å². The van der Waals surface area contributed by atoms with Gasteiger partial charge in [-0.05, 0) is 37.1 Å². The maximum Gasteiger partial charge on any atom is 0.259 e. The molecule has 7 heteroatoms. The first-order valence-electron chi connectivity index (χ1n) is 10.7. The summed E-state index contributed by atoms with van der Waals surface area (Å²) >= 11 is 0. The van der Waals surface area contributed by atoms with Gasteiger partial charge in [0.05, 0.1) is 6.20 Å². The number of aromatic nitrogens is 3. The zero-order valence-electron chi connectivity index (χ0n) is 17.0. The van der Waals surface area contributed by atoms with Crippen LogP contribution in [0.25, 0.3) is 11.5 Å². The van der Waals surface area contributed by atoms with Gasteiger partial charge in [0.25, 0.3) is 5.91 Å². The molecule has 5 rings (SSSR count). The molecule has 1 aliphatic carbocycles. The van der Waals surface area contributed by atoms with E-state index < -0.39 is 0 Å². The molecule has 1 saturated carbocycles. The van der Waals surface area contributed by atoms with Crippen molar-refractivity contribution in [1.29, 1.82) is 0 Å². The molecule has 30 heavy (non-hydrogen) atoms. The highest BCUT2D eigenvalue weighted by Crippen LogP contribution is 2.26. The Bertz CT molecular complexity index is 1010. The van der Waals surface area contributed by atoms with Crippen molar-refractivity contribution in [2.75, 3.05) is 26.2 Å². The number of hydrogen-bond acceptors (Lipinski definition) is 3. The number of halogens is 1. The Morgan fingerprint density at radius 3 is 2.37 bits per heavy atom. The molecule has 156 valence electrons. The number of amides is 1. The average Bonchev–Trinajstić information content (AvgIpc) is 3.55. The van der Waals surface area contributed by atoms with E-state index in [2.05, 4.69) is 10.00 Å². The van der Waals surface area contributed by atoms with Crippen LogP contribution in [0.1, 0.15) is 36.0 Å². The number of hydrogen-bond donors (Lipinski definition) is 0. The van der Waals surface area contributed by atoms with Crippen molar-refractivity contribution in [3.05, 3.63) is 66.4 Å². The summed E-state index contributed by atoms with van der Waals surface area (Å²) in [6.07, 6.45) is 10.5. The fraction of sp³-hybridized carbons (Fsp3) is 0.391. The minimum Gasteiger partial charge on any atom is -0.336 e. The van der Waals surface area contributed by atoms with Crippen molar-refractivity contribution in [2.45, 2.75) is 31.7 Å². The van der Waals surface area contributed by atoms with Gasteiger partial charge in [0.1, 0.15) is 17.1 Å². The third kappa shape index (κ3) is 3.43. The smallest absolute Gasteiger partial charge is 0.259 e. The second-order valence-electron chi connectivity index (χ2n) is 8.10. The molecule has 0 N–H and O–H groups in total. The van der Waals surface area contributed by atoms with Gasteiger partial charge in [-0.1, -0.05) is 25.0 Å². The summed E-state index contributed by atoms with van der Waals surface area (Å²) in [5, 5.41) is 4.39. The van der Waals surface area contributed by atoms with Crippen LogP contribution in [0.2, 0.25) is 0 Å². The van der Waals surface area contributed by atoms with E-state index in [9.17, 15) is 9.18 Å². The second-order valence-corrected chi connectivity index (χ2v) is 8.10. The number of carbonyl (C=O) groups is 1. The summed E-state index contributed by atoms with van der Waals surface area (Å²) in [5.74, 6) is 0.138. The predicted octanol–water partition coefficient (Wildman–Crippen LogP) is 3.50. The third-order valence-electron chi connectivity index (χ3n) is 6.35. The molecule has 3 heterocycles. The van der Waals surface area contributed by atoms with Gasteiger partial charge in [-0.3, -0.25) is 9.69 Å². The number of rotatable bonds is 4. The standard InChI is InChI=1S/C23H26FN5O/c24-20-9-3-4-10-21(20)29-22(27-11-5-6-12-27)19(17-25-29)23(30)28-15-13-26(14-16-28)18-7-1-2-8-18/h3-6,9-12,17-18H,1-2,7-8,13-16H2. The Balaban J connectivity index is 1.43. The maximum absolute atomic E-state index is 14.5. The highest BCUT2D eigenvalue weighted by molar-refractivity contribution is 5.97. The zero-order chi connectivity index (χ0) is 20.5. The van der Waals surface area contributed by atoms with E-state index in [1.54, 1.807) is 24.4 Å². The number of piperazine rings is 1. The molecule has 3 aromatic rings. The van der Waals surface area contributed by atoms with Gasteiger partial charge in [-0.25, -0.2) is 9.07 Å². The summed E-state index contributed by atoms with van der Waals surface area (Å²) in [6.45, 7) is 3.25. The lowest BCUT2D eigenvalue weighted by Crippen LogP contribution is -2.51. The molecule has 1 aliphatic heterocycles. The molecule has 0 spiro atoms. The third-order valence-corrected chi connectivity index (χ3v) is 6.35. The van der Waals surface area contributed by atoms with Gasteiger partial charge in [0.15, 0.2) is 5.82 Å². The van der Waals surface area contributed by atoms with Crippen molar-refractivity contribution in [1.82, 2.24) is 24.1 Å². The lowest BCUT2D eigenvalue weighted by Gasteiger charge is -2.38. The Morgan fingerprint density at radius 2 is 1.67 bits per heavy atom. The fourth-order valence-electron chi connectivity index (χ4n) is 4.75. The highest BCUT2D eigenvalue weighted by Gasteiger charge is 2.30. The summed E-state index contributed by atoms with van der Waals surface area (Å²) in [4.78, 5) is 17.9. The van der Waals surface area contributed by atoms with Crippen LogP contribution < -0.4 is 0 Å². The van der Waals surface area contributed by atoms with Crippen molar-refractivity contribution < 1.29 is 9.18 Å². The van der Waals surface area contributed by atoms with Crippen LogP contribution in [-0.2, 0) is 0 Å². The van der Waals surface area contributed by atoms with E-state index in [4.69, 9.17) is 0 Å². The first kappa shape index (κ1) is 19.1. The van der Waals surface area contributed by atoms with Crippen molar-refractivity contribution in [3.8, 4) is 11.5 Å². The first-order valence-corrected chi connectivity index (χ1v) is 10.7. The first-order chi connectivity index (χ1) is 14.7. The lowest BCUT2D eigenvalue weighted by molar-refractivity contribution is 0.0573. The summed E-state index contributed by atoms with van der Waals surface area (Å²) in [7, 11) is 0. The normalized spacial score (nSPS) is 18.2. The lowest BCUT2D eigenvalue weighted by atomic mass is 10.1. The Kier molecular flexibility index (Phi) is 5.12. The Hall–Kier alpha value is -2.93. The summed E-state index contributed by atoms with van der Waals surface area (Å²) < 4.78 is 17.8. The predicted molar refractivity (Wildman–Crippen MR) is 113 cm³/mol. The molecule has 2 fully saturated rings. The maximum atomic E-state index is 14.5. The Morgan fingerprint density at radius 1 is 0.967 bits per heavy atom. The van der Waals surface area contributed by atoms with Crippen LogP contribution in [0.5, 0.6) is 0 Å². The topological polar surface area (TPSA) is 46.3 Å². The highest BCUT2D eigenvalue weighted by atomic mass is 19.1. The van der Waals surface area contributed by atoms with E-state index in [0.717, 1.165) is 13.1 Å². The van der Waals surface area contributed by atoms with Crippen LogP contribution in [-0.4, -0.2) is 62.3 Å². The average molecular weight is 407 g/mol. The molecule has 0 unspecified atom stereocenters. The second kappa shape index (κ2) is 8.07. The van der Waals surface area contributed by atoms with Crippen LogP contribution in [0.15, 0.2) is 55.0 Å². The van der Waals surface area contributed by atoms with Gasteiger partial charge in [0.2, 0.25) is 0 Å². The molecule has 0 radical (unpaired) electrons. The fourth-order valence-corrected chi connectivity index (χ4v) is 4.75. The molecular formula is C23H26FN5O. The number of nitrogens with zero attached hydrogens (tertiary/aromatic N) is 5. The molecule has 1 amide bonds. The van der Waals surface area contributed by atoms with Crippen molar-refractivity contribution in [3.63, 3.8) is 0 Å². The van der Waals surface area contributed by atoms with Gasteiger partial charge < -0.3 is 9.47 Å². The minimum atomic E-state index is -0.377. The molecule has 0 bridgehead atoms. The van der Waals surface area contributed by atoms with Crippen molar-refractivity contribution in [2.24, 2.45) is 0 Å². The van der Waals surface area contributed by atoms with E-state index in [1.165, 1.54) is 36.4 Å². The number of para-hydroxylation sites is 1. The SMILES string of the molecule is O=C(c1cnn(-c2ccccc2F)c1-n1cccc1)N1CCN(C2CCCC2)CC1. The molecule has 2 aromatic heterocycles. The molecule has 0 atom stereocenters. The quantitative estimate of drug-likeness (QED) is 0.665. The minimum absolute atomic E-state index is 0.0487. The van der Waals surface area contributed by atoms with Crippen LogP contribution in [0, 0.1) is 5.82 Å². The molecule has 1 saturated heterocycles. The van der Waals surface area contributed by atoms with E-state index in [-0.39, 0.29) is 11.7 Å². The molecular weight excluding hydrogens is 381 g/mol. The Labute approximate surface area is 175 Å². The summed E-state index contributed by atoms with van der Waals surface area (Å²) in [6, 6.07) is 10.9. The monoisotopic (exact) mass is 407 g/mol. The van der Waals surface area contributed by atoms with Crippen LogP contribution in [0.3, 0.4) is 0 Å². The van der Waals surface area contributed by atoms with Gasteiger partial charge in [-0.2, -0.15) is 5.10 Å². The van der Waals surface area contributed by atoms with Crippen LogP contribution in [0.4, 0.5) is 4.39 Å². The molecule has 1 aromatic carbocycles. The molecule has 6 nitrogen and oxygen atoms in total. The number of carbonyl (C=O) groups excluding carboxylic acids is 1. The van der Waals surface area contributed by atoms with E-state index in [0.29, 0.717) is 36.2 Å². The van der Waals surface area contributed by atoms with Gasteiger partial charge in [-0.15, -0.1) is 0 Å². The van der Waals surface area contributed by atoms with Crippen LogP contribution >= 0.6 is 0 Å². The molecule has 2 aliphatic rings. The summed E-state index contributed by atoms with van der Waals surface area (Å²) in [5.41, 5.74) is 0.815. The van der Waals surface area contributed by atoms with E-state index >= 15 is 0 Å².